The number of amides is 1. The Balaban J connectivity index is 1.82. The number of carbonyl (C=O) groups excluding carboxylic acids is 1. The molecule has 1 N–H and O–H groups in total. The van der Waals surface area contributed by atoms with E-state index in [4.69, 9.17) is 9.73 Å². The Morgan fingerprint density at radius 3 is 2.29 bits per heavy atom. The standard InChI is InChI=1S/C27H25BrN2O3S/c1-15-6-8-20(10-17(15)3)29-27-30(21-9-7-16(2)18(4)11-21)26(32)24(34-27)14-19-12-22(28)25(31)23(13-19)33-5/h6-14,31H,1-5H3/b24-14-,29-27?. The first kappa shape index (κ1) is 24.1. The van der Waals surface area contributed by atoms with Crippen LogP contribution in [0.25, 0.3) is 6.08 Å². The molecule has 1 saturated heterocycles. The average molecular weight is 537 g/mol. The number of thioether (sulfide) groups is 1. The summed E-state index contributed by atoms with van der Waals surface area (Å²) < 4.78 is 5.75. The van der Waals surface area contributed by atoms with Crippen LogP contribution in [-0.4, -0.2) is 23.3 Å². The van der Waals surface area contributed by atoms with Crippen LogP contribution in [-0.2, 0) is 4.79 Å². The van der Waals surface area contributed by atoms with E-state index in [1.54, 1.807) is 23.1 Å². The smallest absolute Gasteiger partial charge is 0.271 e. The van der Waals surface area contributed by atoms with Gasteiger partial charge in [-0.2, -0.15) is 0 Å². The number of hydrogen-bond donors (Lipinski definition) is 1. The van der Waals surface area contributed by atoms with Gasteiger partial charge in [0.05, 0.1) is 27.9 Å². The molecular formula is C27H25BrN2O3S. The monoisotopic (exact) mass is 536 g/mol. The van der Waals surface area contributed by atoms with E-state index in [1.165, 1.54) is 24.4 Å². The summed E-state index contributed by atoms with van der Waals surface area (Å²) in [6, 6.07) is 15.4. The lowest BCUT2D eigenvalue weighted by atomic mass is 10.1. The van der Waals surface area contributed by atoms with Gasteiger partial charge in [0.1, 0.15) is 0 Å². The van der Waals surface area contributed by atoms with Gasteiger partial charge in [-0.1, -0.05) is 12.1 Å². The summed E-state index contributed by atoms with van der Waals surface area (Å²) in [6.45, 7) is 8.19. The van der Waals surface area contributed by atoms with Gasteiger partial charge < -0.3 is 9.84 Å². The zero-order valence-electron chi connectivity index (χ0n) is 19.6. The number of anilines is 1. The quantitative estimate of drug-likeness (QED) is 0.358. The molecule has 1 fully saturated rings. The molecule has 34 heavy (non-hydrogen) atoms. The Hall–Kier alpha value is -3.03. The number of amidine groups is 1. The zero-order valence-corrected chi connectivity index (χ0v) is 22.0. The van der Waals surface area contributed by atoms with Crippen LogP contribution in [0.15, 0.2) is 62.9 Å². The number of aromatic hydroxyl groups is 1. The minimum atomic E-state index is -0.154. The van der Waals surface area contributed by atoms with E-state index in [0.29, 0.717) is 20.3 Å². The first-order valence-electron chi connectivity index (χ1n) is 10.7. The molecule has 3 aromatic carbocycles. The van der Waals surface area contributed by atoms with Gasteiger partial charge in [-0.15, -0.1) is 0 Å². The predicted octanol–water partition coefficient (Wildman–Crippen LogP) is 7.21. The maximum absolute atomic E-state index is 13.6. The molecule has 0 saturated carbocycles. The zero-order chi connectivity index (χ0) is 24.6. The summed E-state index contributed by atoms with van der Waals surface area (Å²) in [7, 11) is 1.49. The predicted molar refractivity (Wildman–Crippen MR) is 144 cm³/mol. The van der Waals surface area contributed by atoms with Gasteiger partial charge in [-0.3, -0.25) is 9.69 Å². The van der Waals surface area contributed by atoms with Crippen LogP contribution < -0.4 is 9.64 Å². The average Bonchev–Trinajstić information content (AvgIpc) is 3.09. The number of aryl methyl sites for hydroxylation is 4. The molecule has 0 spiro atoms. The molecule has 0 unspecified atom stereocenters. The van der Waals surface area contributed by atoms with Crippen molar-refractivity contribution in [3.8, 4) is 11.5 Å². The van der Waals surface area contributed by atoms with Crippen molar-refractivity contribution < 1.29 is 14.6 Å². The normalized spacial score (nSPS) is 16.1. The second-order valence-electron chi connectivity index (χ2n) is 8.24. The molecule has 0 aromatic heterocycles. The van der Waals surface area contributed by atoms with Crippen LogP contribution in [0.5, 0.6) is 11.5 Å². The van der Waals surface area contributed by atoms with Crippen molar-refractivity contribution in [2.24, 2.45) is 4.99 Å². The fraction of sp³-hybridized carbons (Fsp3) is 0.185. The molecule has 5 nitrogen and oxygen atoms in total. The number of aliphatic imine (C=N–C) groups is 1. The third-order valence-electron chi connectivity index (χ3n) is 5.84. The first-order valence-corrected chi connectivity index (χ1v) is 12.3. The Labute approximate surface area is 212 Å². The van der Waals surface area contributed by atoms with Crippen LogP contribution in [0, 0.1) is 27.7 Å². The minimum absolute atomic E-state index is 0.0174. The molecule has 7 heteroatoms. The summed E-state index contributed by atoms with van der Waals surface area (Å²) in [6.07, 6.45) is 1.79. The van der Waals surface area contributed by atoms with Crippen molar-refractivity contribution in [2.75, 3.05) is 12.0 Å². The van der Waals surface area contributed by atoms with Crippen LogP contribution in [0.4, 0.5) is 11.4 Å². The molecule has 1 amide bonds. The van der Waals surface area contributed by atoms with Crippen LogP contribution >= 0.6 is 27.7 Å². The summed E-state index contributed by atoms with van der Waals surface area (Å²) in [5.41, 5.74) is 6.89. The van der Waals surface area contributed by atoms with Gasteiger partial charge in [0.2, 0.25) is 0 Å². The maximum atomic E-state index is 13.6. The van der Waals surface area contributed by atoms with Crippen LogP contribution in [0.1, 0.15) is 27.8 Å². The van der Waals surface area contributed by atoms with Crippen molar-refractivity contribution >= 4 is 56.2 Å². The topological polar surface area (TPSA) is 62.1 Å². The van der Waals surface area contributed by atoms with Gasteiger partial charge in [0, 0.05) is 0 Å². The van der Waals surface area contributed by atoms with Crippen LogP contribution in [0.2, 0.25) is 0 Å². The van der Waals surface area contributed by atoms with Gasteiger partial charge in [-0.05, 0) is 126 Å². The molecule has 4 rings (SSSR count). The maximum Gasteiger partial charge on any atom is 0.271 e. The van der Waals surface area contributed by atoms with Gasteiger partial charge in [-0.25, -0.2) is 4.99 Å². The molecule has 174 valence electrons. The van der Waals surface area contributed by atoms with E-state index in [-0.39, 0.29) is 11.7 Å². The molecule has 0 aliphatic carbocycles. The summed E-state index contributed by atoms with van der Waals surface area (Å²) in [5.74, 6) is 0.189. The van der Waals surface area contributed by atoms with E-state index < -0.39 is 0 Å². The number of benzene rings is 3. The molecule has 1 aliphatic heterocycles. The van der Waals surface area contributed by atoms with Gasteiger partial charge >= 0.3 is 0 Å². The van der Waals surface area contributed by atoms with Crippen molar-refractivity contribution in [1.82, 2.24) is 0 Å². The van der Waals surface area contributed by atoms with E-state index in [2.05, 4.69) is 29.8 Å². The molecule has 0 radical (unpaired) electrons. The molecule has 3 aromatic rings. The molecule has 1 heterocycles. The summed E-state index contributed by atoms with van der Waals surface area (Å²) >= 11 is 4.67. The number of rotatable bonds is 4. The number of ether oxygens (including phenoxy) is 1. The second kappa shape index (κ2) is 9.68. The number of phenols is 1. The lowest BCUT2D eigenvalue weighted by Gasteiger charge is -2.17. The highest BCUT2D eigenvalue weighted by molar-refractivity contribution is 9.10. The minimum Gasteiger partial charge on any atom is -0.503 e. The molecule has 0 bridgehead atoms. The third-order valence-corrected chi connectivity index (χ3v) is 7.41. The van der Waals surface area contributed by atoms with Crippen molar-refractivity contribution in [3.63, 3.8) is 0 Å². The second-order valence-corrected chi connectivity index (χ2v) is 10.1. The molecular weight excluding hydrogens is 512 g/mol. The van der Waals surface area contributed by atoms with Crippen molar-refractivity contribution in [2.45, 2.75) is 27.7 Å². The van der Waals surface area contributed by atoms with E-state index in [9.17, 15) is 9.90 Å². The Morgan fingerprint density at radius 1 is 0.971 bits per heavy atom. The van der Waals surface area contributed by atoms with E-state index in [1.807, 2.05) is 50.2 Å². The number of carbonyl (C=O) groups is 1. The van der Waals surface area contributed by atoms with E-state index in [0.717, 1.165) is 33.6 Å². The van der Waals surface area contributed by atoms with Gasteiger partial charge in [0.15, 0.2) is 16.7 Å². The van der Waals surface area contributed by atoms with E-state index >= 15 is 0 Å². The lowest BCUT2D eigenvalue weighted by Crippen LogP contribution is -2.28. The Bertz CT molecular complexity index is 1360. The number of methoxy groups -OCH3 is 1. The largest absolute Gasteiger partial charge is 0.503 e. The van der Waals surface area contributed by atoms with Crippen LogP contribution in [0.3, 0.4) is 0 Å². The number of hydrogen-bond acceptors (Lipinski definition) is 5. The highest BCUT2D eigenvalue weighted by Crippen LogP contribution is 2.40. The van der Waals surface area contributed by atoms with Gasteiger partial charge in [0.25, 0.3) is 5.91 Å². The fourth-order valence-corrected chi connectivity index (χ4v) is 4.99. The number of halogens is 1. The van der Waals surface area contributed by atoms with Crippen molar-refractivity contribution in [1.29, 1.82) is 0 Å². The summed E-state index contributed by atoms with van der Waals surface area (Å²) in [4.78, 5) is 20.6. The van der Waals surface area contributed by atoms with Crippen molar-refractivity contribution in [3.05, 3.63) is 85.7 Å². The lowest BCUT2D eigenvalue weighted by molar-refractivity contribution is -0.113. The molecule has 0 atom stereocenters. The first-order chi connectivity index (χ1) is 16.2. The third kappa shape index (κ3) is 4.76. The number of phenolic OH excluding ortho intramolecular Hbond substituents is 1. The Kier molecular flexibility index (Phi) is 6.86. The SMILES string of the molecule is COc1cc(/C=C2\SC(=Nc3ccc(C)c(C)c3)N(c3ccc(C)c(C)c3)C2=O)cc(Br)c1O. The fourth-order valence-electron chi connectivity index (χ4n) is 3.53. The summed E-state index contributed by atoms with van der Waals surface area (Å²) in [5, 5.41) is 10.7. The highest BCUT2D eigenvalue weighted by Gasteiger charge is 2.35. The Morgan fingerprint density at radius 2 is 1.65 bits per heavy atom. The molecule has 1 aliphatic rings. The number of nitrogens with zero attached hydrogens (tertiary/aromatic N) is 2. The highest BCUT2D eigenvalue weighted by atomic mass is 79.9.